The van der Waals surface area contributed by atoms with E-state index in [9.17, 15) is 9.59 Å². The first kappa shape index (κ1) is 25.8. The molecule has 3 aromatic rings. The fourth-order valence-electron chi connectivity index (χ4n) is 5.54. The molecule has 0 unspecified atom stereocenters. The number of hydrogen-bond donors (Lipinski definition) is 1. The summed E-state index contributed by atoms with van der Waals surface area (Å²) < 4.78 is 8.10. The van der Waals surface area contributed by atoms with Crippen molar-refractivity contribution in [1.29, 1.82) is 0 Å². The molecule has 1 saturated heterocycles. The minimum absolute atomic E-state index is 0.253. The molecule has 1 aliphatic rings. The first-order chi connectivity index (χ1) is 17.1. The standard InChI is InChI=1S/C29H37N3O4/c1-20(2)32-17-24(26-15-21(3)14-22(4)27(26)32)16-31-12-10-29(11-13-31,36-19-33)18-30(5)25-8-6-23(7-9-25)28(34)35/h6-9,14-15,17,19-20H,10-13,16,18H2,1-5H3,(H,34,35). The molecular formula is C29H37N3O4. The molecule has 1 N–H and O–H groups in total. The number of nitrogens with zero attached hydrogens (tertiary/aromatic N) is 3. The van der Waals surface area contributed by atoms with Gasteiger partial charge in [0.05, 0.1) is 17.6 Å². The summed E-state index contributed by atoms with van der Waals surface area (Å²) in [5, 5.41) is 10.5. The van der Waals surface area contributed by atoms with Crippen molar-refractivity contribution in [3.8, 4) is 0 Å². The van der Waals surface area contributed by atoms with E-state index >= 15 is 0 Å². The summed E-state index contributed by atoms with van der Waals surface area (Å²) >= 11 is 0. The minimum atomic E-state index is -0.945. The van der Waals surface area contributed by atoms with Crippen LogP contribution in [0, 0.1) is 13.8 Å². The van der Waals surface area contributed by atoms with Crippen molar-refractivity contribution < 1.29 is 19.4 Å². The SMILES string of the molecule is Cc1cc(C)c2c(c1)c(CN1CCC(CN(C)c3ccc(C(=O)O)cc3)(OC=O)CC1)cn2C(C)C. The van der Waals surface area contributed by atoms with Crippen LogP contribution in [-0.4, -0.2) is 59.3 Å². The molecule has 0 amide bonds. The second kappa shape index (κ2) is 10.3. The summed E-state index contributed by atoms with van der Waals surface area (Å²) in [7, 11) is 1.95. The average Bonchev–Trinajstić information content (AvgIpc) is 3.19. The fraction of sp³-hybridized carbons (Fsp3) is 0.448. The van der Waals surface area contributed by atoms with Crippen molar-refractivity contribution in [1.82, 2.24) is 9.47 Å². The topological polar surface area (TPSA) is 75.0 Å². The van der Waals surface area contributed by atoms with Crippen molar-refractivity contribution in [2.75, 3.05) is 31.6 Å². The Morgan fingerprint density at radius 3 is 2.42 bits per heavy atom. The Bertz CT molecular complexity index is 1240. The van der Waals surface area contributed by atoms with Gasteiger partial charge in [-0.1, -0.05) is 11.6 Å². The summed E-state index contributed by atoms with van der Waals surface area (Å²) in [5.41, 5.74) is 5.81. The number of rotatable bonds is 9. The van der Waals surface area contributed by atoms with Gasteiger partial charge >= 0.3 is 5.97 Å². The summed E-state index contributed by atoms with van der Waals surface area (Å²) in [4.78, 5) is 27.1. The summed E-state index contributed by atoms with van der Waals surface area (Å²) in [6, 6.07) is 11.7. The third-order valence-electron chi connectivity index (χ3n) is 7.44. The van der Waals surface area contributed by atoms with Crippen molar-refractivity contribution in [2.24, 2.45) is 0 Å². The lowest BCUT2D eigenvalue weighted by Crippen LogP contribution is -2.51. The van der Waals surface area contributed by atoms with Gasteiger partial charge in [-0.15, -0.1) is 0 Å². The van der Waals surface area contributed by atoms with Crippen LogP contribution in [0.1, 0.15) is 59.8 Å². The van der Waals surface area contributed by atoms with E-state index < -0.39 is 11.6 Å². The number of anilines is 1. The van der Waals surface area contributed by atoms with Crippen LogP contribution in [0.4, 0.5) is 5.69 Å². The van der Waals surface area contributed by atoms with Gasteiger partial charge in [0, 0.05) is 62.8 Å². The number of likely N-dealkylation sites (tertiary alicyclic amines) is 1. The van der Waals surface area contributed by atoms with E-state index in [1.165, 1.54) is 27.6 Å². The van der Waals surface area contributed by atoms with Crippen molar-refractivity contribution >= 4 is 29.0 Å². The number of carbonyl (C=O) groups is 2. The largest absolute Gasteiger partial charge is 0.478 e. The highest BCUT2D eigenvalue weighted by Gasteiger charge is 2.38. The highest BCUT2D eigenvalue weighted by atomic mass is 16.5. The quantitative estimate of drug-likeness (QED) is 0.416. The number of aryl methyl sites for hydroxylation is 2. The van der Waals surface area contributed by atoms with Gasteiger partial charge in [-0.05, 0) is 69.2 Å². The Morgan fingerprint density at radius 1 is 1.17 bits per heavy atom. The Kier molecular flexibility index (Phi) is 7.41. The lowest BCUT2D eigenvalue weighted by atomic mass is 9.90. The van der Waals surface area contributed by atoms with E-state index in [0.29, 0.717) is 19.1 Å². The van der Waals surface area contributed by atoms with Gasteiger partial charge in [-0.3, -0.25) is 9.69 Å². The monoisotopic (exact) mass is 491 g/mol. The van der Waals surface area contributed by atoms with Crippen LogP contribution in [0.15, 0.2) is 42.6 Å². The molecule has 0 radical (unpaired) electrons. The van der Waals surface area contributed by atoms with Gasteiger partial charge in [0.1, 0.15) is 5.60 Å². The summed E-state index contributed by atoms with van der Waals surface area (Å²) in [6.07, 6.45) is 3.79. The zero-order valence-corrected chi connectivity index (χ0v) is 22.0. The predicted molar refractivity (Wildman–Crippen MR) is 143 cm³/mol. The Labute approximate surface area is 213 Å². The minimum Gasteiger partial charge on any atom is -0.478 e. The van der Waals surface area contributed by atoms with E-state index in [0.717, 1.165) is 38.2 Å². The molecule has 36 heavy (non-hydrogen) atoms. The first-order valence-electron chi connectivity index (χ1n) is 12.6. The number of aromatic carboxylic acids is 1. The summed E-state index contributed by atoms with van der Waals surface area (Å²) in [6.45, 7) is 12.4. The summed E-state index contributed by atoms with van der Waals surface area (Å²) in [5.74, 6) is -0.945. The zero-order chi connectivity index (χ0) is 26.0. The molecule has 1 aliphatic heterocycles. The number of hydrogen-bond acceptors (Lipinski definition) is 5. The van der Waals surface area contributed by atoms with Gasteiger partial charge in [0.2, 0.25) is 0 Å². The van der Waals surface area contributed by atoms with Crippen molar-refractivity contribution in [3.05, 3.63) is 64.8 Å². The number of likely N-dealkylation sites (N-methyl/N-ethyl adjacent to an activating group) is 1. The van der Waals surface area contributed by atoms with E-state index in [1.807, 2.05) is 11.9 Å². The number of aromatic nitrogens is 1. The highest BCUT2D eigenvalue weighted by Crippen LogP contribution is 2.33. The van der Waals surface area contributed by atoms with Crippen molar-refractivity contribution in [2.45, 2.75) is 58.7 Å². The van der Waals surface area contributed by atoms with E-state index in [4.69, 9.17) is 9.84 Å². The third kappa shape index (κ3) is 5.26. The van der Waals surface area contributed by atoms with Gasteiger partial charge in [0.25, 0.3) is 6.47 Å². The molecule has 0 spiro atoms. The molecule has 1 fully saturated rings. The number of carboxylic acids is 1. The Balaban J connectivity index is 1.48. The number of piperidine rings is 1. The Morgan fingerprint density at radius 2 is 1.83 bits per heavy atom. The molecular weight excluding hydrogens is 454 g/mol. The smallest absolute Gasteiger partial charge is 0.335 e. The first-order valence-corrected chi connectivity index (χ1v) is 12.6. The zero-order valence-electron chi connectivity index (χ0n) is 22.0. The molecule has 1 aromatic heterocycles. The second-order valence-corrected chi connectivity index (χ2v) is 10.5. The van der Waals surface area contributed by atoms with E-state index in [2.05, 4.69) is 55.5 Å². The van der Waals surface area contributed by atoms with Gasteiger partial charge in [-0.25, -0.2) is 4.79 Å². The number of benzene rings is 2. The van der Waals surface area contributed by atoms with Crippen LogP contribution < -0.4 is 4.90 Å². The number of ether oxygens (including phenoxy) is 1. The van der Waals surface area contributed by atoms with Crippen LogP contribution in [0.3, 0.4) is 0 Å². The van der Waals surface area contributed by atoms with Gasteiger partial charge < -0.3 is 19.3 Å². The van der Waals surface area contributed by atoms with Crippen molar-refractivity contribution in [3.63, 3.8) is 0 Å². The molecule has 7 heteroatoms. The fourth-order valence-corrected chi connectivity index (χ4v) is 5.54. The van der Waals surface area contributed by atoms with E-state index in [1.54, 1.807) is 24.3 Å². The maximum absolute atomic E-state index is 11.4. The second-order valence-electron chi connectivity index (χ2n) is 10.5. The lowest BCUT2D eigenvalue weighted by Gasteiger charge is -2.42. The Hall–Kier alpha value is -3.32. The van der Waals surface area contributed by atoms with Crippen LogP contribution in [0.25, 0.3) is 10.9 Å². The third-order valence-corrected chi connectivity index (χ3v) is 7.44. The molecule has 0 aliphatic carbocycles. The maximum Gasteiger partial charge on any atom is 0.335 e. The maximum atomic E-state index is 11.4. The molecule has 0 saturated carbocycles. The van der Waals surface area contributed by atoms with Crippen LogP contribution in [0.2, 0.25) is 0 Å². The normalized spacial score (nSPS) is 15.8. The molecule has 0 atom stereocenters. The predicted octanol–water partition coefficient (Wildman–Crippen LogP) is 5.18. The molecule has 2 heterocycles. The lowest BCUT2D eigenvalue weighted by molar-refractivity contribution is -0.147. The number of carboxylic acid groups (broad SMARTS) is 1. The van der Waals surface area contributed by atoms with Crippen LogP contribution in [0.5, 0.6) is 0 Å². The molecule has 192 valence electrons. The van der Waals surface area contributed by atoms with Gasteiger partial charge in [0.15, 0.2) is 0 Å². The van der Waals surface area contributed by atoms with Crippen LogP contribution >= 0.6 is 0 Å². The molecule has 4 rings (SSSR count). The highest BCUT2D eigenvalue weighted by molar-refractivity contribution is 5.88. The molecule has 0 bridgehead atoms. The van der Waals surface area contributed by atoms with Gasteiger partial charge in [-0.2, -0.15) is 0 Å². The average molecular weight is 492 g/mol. The number of carbonyl (C=O) groups excluding carboxylic acids is 1. The van der Waals surface area contributed by atoms with E-state index in [-0.39, 0.29) is 5.56 Å². The molecule has 2 aromatic carbocycles. The number of fused-ring (bicyclic) bond motifs is 1. The molecule has 7 nitrogen and oxygen atoms in total. The van der Waals surface area contributed by atoms with Crippen LogP contribution in [-0.2, 0) is 16.1 Å².